The van der Waals surface area contributed by atoms with Gasteiger partial charge in [-0.15, -0.1) is 0 Å². The number of hydrogen-bond donors (Lipinski definition) is 0. The highest BCUT2D eigenvalue weighted by Gasteiger charge is 2.39. The van der Waals surface area contributed by atoms with Crippen molar-refractivity contribution in [2.75, 3.05) is 9.80 Å². The van der Waals surface area contributed by atoms with Crippen molar-refractivity contribution < 1.29 is 0 Å². The monoisotopic (exact) mass is 436 g/mol. The first-order valence-electron chi connectivity index (χ1n) is 11.9. The fraction of sp³-hybridized carbons (Fsp3) is 0.0625. The molecule has 1 heterocycles. The van der Waals surface area contributed by atoms with Gasteiger partial charge in [0.2, 0.25) is 0 Å². The second-order valence-electron chi connectivity index (χ2n) is 9.04. The van der Waals surface area contributed by atoms with Crippen LogP contribution in [-0.4, -0.2) is 12.1 Å². The third kappa shape index (κ3) is 2.96. The molecule has 2 atom stereocenters. The molecular weight excluding hydrogens is 412 g/mol. The molecule has 2 nitrogen and oxygen atoms in total. The fourth-order valence-corrected chi connectivity index (χ4v) is 5.56. The molecule has 2 heteroatoms. The number of rotatable bonds is 2. The van der Waals surface area contributed by atoms with Gasteiger partial charge >= 0.3 is 0 Å². The van der Waals surface area contributed by atoms with Gasteiger partial charge in [0.05, 0.1) is 23.5 Å². The summed E-state index contributed by atoms with van der Waals surface area (Å²) in [5.41, 5.74) is 4.90. The van der Waals surface area contributed by atoms with E-state index in [0.717, 1.165) is 0 Å². The predicted molar refractivity (Wildman–Crippen MR) is 143 cm³/mol. The molecule has 5 aromatic rings. The van der Waals surface area contributed by atoms with E-state index in [0.29, 0.717) is 0 Å². The Bertz CT molecular complexity index is 1500. The Labute approximate surface area is 199 Å². The van der Waals surface area contributed by atoms with Crippen LogP contribution < -0.4 is 20.2 Å². The summed E-state index contributed by atoms with van der Waals surface area (Å²) in [5.74, 6) is 0. The molecule has 7 rings (SSSR count). The van der Waals surface area contributed by atoms with Crippen molar-refractivity contribution in [2.45, 2.75) is 12.1 Å². The molecule has 0 aromatic heterocycles. The number of nitrogens with zero attached hydrogens (tertiary/aromatic N) is 2. The zero-order valence-electron chi connectivity index (χ0n) is 18.8. The SMILES string of the molecule is C1=c2ccccc2=CC2C1N(c1ccccc1)c1cc3ccccc3cc1N2c1ccccc1. The summed E-state index contributed by atoms with van der Waals surface area (Å²) in [6.07, 6.45) is 4.89. The van der Waals surface area contributed by atoms with Crippen molar-refractivity contribution in [3.63, 3.8) is 0 Å². The maximum atomic E-state index is 2.53. The molecule has 162 valence electrons. The Balaban J connectivity index is 1.58. The van der Waals surface area contributed by atoms with E-state index < -0.39 is 0 Å². The lowest BCUT2D eigenvalue weighted by molar-refractivity contribution is 0.683. The van der Waals surface area contributed by atoms with E-state index >= 15 is 0 Å². The van der Waals surface area contributed by atoms with E-state index in [-0.39, 0.29) is 12.1 Å². The zero-order valence-corrected chi connectivity index (χ0v) is 18.8. The minimum absolute atomic E-state index is 0.158. The molecule has 5 aromatic carbocycles. The Kier molecular flexibility index (Phi) is 4.31. The minimum Gasteiger partial charge on any atom is -0.330 e. The van der Waals surface area contributed by atoms with Crippen molar-refractivity contribution in [1.82, 2.24) is 0 Å². The lowest BCUT2D eigenvalue weighted by Gasteiger charge is -2.49. The van der Waals surface area contributed by atoms with Gasteiger partial charge in [0.15, 0.2) is 0 Å². The van der Waals surface area contributed by atoms with Crippen LogP contribution in [-0.2, 0) is 0 Å². The number of hydrogen-bond acceptors (Lipinski definition) is 2. The normalized spacial score (nSPS) is 18.4. The van der Waals surface area contributed by atoms with E-state index in [9.17, 15) is 0 Å². The summed E-state index contributed by atoms with van der Waals surface area (Å²) in [6.45, 7) is 0. The van der Waals surface area contributed by atoms with Gasteiger partial charge in [-0.3, -0.25) is 0 Å². The maximum Gasteiger partial charge on any atom is 0.0775 e. The molecule has 1 aliphatic carbocycles. The second-order valence-corrected chi connectivity index (χ2v) is 9.04. The summed E-state index contributed by atoms with van der Waals surface area (Å²) < 4.78 is 0. The molecular formula is C32H24N2. The molecule has 0 spiro atoms. The van der Waals surface area contributed by atoms with E-state index in [1.54, 1.807) is 0 Å². The van der Waals surface area contributed by atoms with Crippen LogP contribution in [0.2, 0.25) is 0 Å². The molecule has 0 saturated carbocycles. The molecule has 0 bridgehead atoms. The largest absolute Gasteiger partial charge is 0.330 e. The smallest absolute Gasteiger partial charge is 0.0775 e. The average molecular weight is 437 g/mol. The number of anilines is 4. The fourth-order valence-electron chi connectivity index (χ4n) is 5.56. The standard InChI is InChI=1S/C32H24N2/c1-3-15-27(16-4-1)33-29-19-23-11-7-9-13-25(23)21-31(29)34(28-17-5-2-6-18-28)32-22-26-14-10-8-12-24(26)20-30(32)33/h1-22,29,31H. The van der Waals surface area contributed by atoms with Gasteiger partial charge < -0.3 is 9.80 Å². The Morgan fingerprint density at radius 2 is 0.794 bits per heavy atom. The van der Waals surface area contributed by atoms with Crippen LogP contribution in [0.25, 0.3) is 22.9 Å². The van der Waals surface area contributed by atoms with Crippen LogP contribution in [0.15, 0.2) is 121 Å². The number of fused-ring (bicyclic) bond motifs is 4. The average Bonchev–Trinajstić information content (AvgIpc) is 2.90. The predicted octanol–water partition coefficient (Wildman–Crippen LogP) is 6.14. The molecule has 2 unspecified atom stereocenters. The highest BCUT2D eigenvalue weighted by molar-refractivity contribution is 5.98. The van der Waals surface area contributed by atoms with E-state index in [1.807, 2.05) is 0 Å². The van der Waals surface area contributed by atoms with Crippen molar-refractivity contribution >= 4 is 45.7 Å². The quantitative estimate of drug-likeness (QED) is 0.328. The zero-order chi connectivity index (χ0) is 22.5. The first-order chi connectivity index (χ1) is 16.9. The Hall–Kier alpha value is -4.30. The molecule has 0 fully saturated rings. The summed E-state index contributed by atoms with van der Waals surface area (Å²) in [6, 6.07) is 44.1. The van der Waals surface area contributed by atoms with Crippen molar-refractivity contribution in [3.05, 3.63) is 132 Å². The second kappa shape index (κ2) is 7.64. The van der Waals surface area contributed by atoms with Crippen molar-refractivity contribution in [3.8, 4) is 0 Å². The number of para-hydroxylation sites is 2. The summed E-state index contributed by atoms with van der Waals surface area (Å²) in [4.78, 5) is 5.05. The van der Waals surface area contributed by atoms with Gasteiger partial charge in [0, 0.05) is 11.4 Å². The highest BCUT2D eigenvalue weighted by Crippen LogP contribution is 2.48. The summed E-state index contributed by atoms with van der Waals surface area (Å²) in [5, 5.41) is 5.10. The van der Waals surface area contributed by atoms with Gasteiger partial charge in [-0.25, -0.2) is 0 Å². The Morgan fingerprint density at radius 1 is 0.412 bits per heavy atom. The summed E-state index contributed by atoms with van der Waals surface area (Å²) >= 11 is 0. The summed E-state index contributed by atoms with van der Waals surface area (Å²) in [7, 11) is 0. The van der Waals surface area contributed by atoms with Gasteiger partial charge in [-0.1, -0.05) is 97.1 Å². The van der Waals surface area contributed by atoms with E-state index in [1.165, 1.54) is 44.0 Å². The van der Waals surface area contributed by atoms with Gasteiger partial charge in [-0.05, 0) is 57.6 Å². The Morgan fingerprint density at radius 3 is 1.24 bits per heavy atom. The first-order valence-corrected chi connectivity index (χ1v) is 11.9. The topological polar surface area (TPSA) is 6.48 Å². The first kappa shape index (κ1) is 19.2. The maximum absolute atomic E-state index is 2.53. The third-order valence-corrected chi connectivity index (χ3v) is 7.07. The molecule has 2 aliphatic rings. The molecule has 0 N–H and O–H groups in total. The van der Waals surface area contributed by atoms with Crippen molar-refractivity contribution in [2.24, 2.45) is 0 Å². The molecule has 34 heavy (non-hydrogen) atoms. The van der Waals surface area contributed by atoms with Crippen LogP contribution in [0.5, 0.6) is 0 Å². The van der Waals surface area contributed by atoms with Crippen molar-refractivity contribution in [1.29, 1.82) is 0 Å². The van der Waals surface area contributed by atoms with Crippen LogP contribution in [0.3, 0.4) is 0 Å². The highest BCUT2D eigenvalue weighted by atomic mass is 15.3. The van der Waals surface area contributed by atoms with Gasteiger partial charge in [0.25, 0.3) is 0 Å². The van der Waals surface area contributed by atoms with E-state index in [2.05, 4.69) is 143 Å². The van der Waals surface area contributed by atoms with Crippen LogP contribution in [0, 0.1) is 0 Å². The lowest BCUT2D eigenvalue weighted by atomic mass is 9.90. The minimum atomic E-state index is 0.158. The van der Waals surface area contributed by atoms with Gasteiger partial charge in [0.1, 0.15) is 0 Å². The van der Waals surface area contributed by atoms with Crippen LogP contribution >= 0.6 is 0 Å². The third-order valence-electron chi connectivity index (χ3n) is 7.07. The molecule has 0 radical (unpaired) electrons. The van der Waals surface area contributed by atoms with Crippen LogP contribution in [0.1, 0.15) is 0 Å². The van der Waals surface area contributed by atoms with Crippen LogP contribution in [0.4, 0.5) is 22.7 Å². The lowest BCUT2D eigenvalue weighted by Crippen LogP contribution is -2.55. The molecule has 0 saturated heterocycles. The molecule has 0 amide bonds. The molecule has 1 aliphatic heterocycles. The van der Waals surface area contributed by atoms with Gasteiger partial charge in [-0.2, -0.15) is 0 Å². The number of benzene rings is 5. The van der Waals surface area contributed by atoms with E-state index in [4.69, 9.17) is 0 Å².